The van der Waals surface area contributed by atoms with E-state index in [2.05, 4.69) is 84.5 Å². The highest BCUT2D eigenvalue weighted by molar-refractivity contribution is 6.09. The SMILES string of the molecule is Cn1c2ccc(C3=CC=CC3)cc2c2cc(C3=CC=CC3)ccc21. The number of rotatable bonds is 2. The molecule has 0 atom stereocenters. The normalized spacial score (nSPS) is 16.4. The van der Waals surface area contributed by atoms with E-state index < -0.39 is 0 Å². The van der Waals surface area contributed by atoms with E-state index in [0.29, 0.717) is 0 Å². The van der Waals surface area contributed by atoms with Gasteiger partial charge in [0.25, 0.3) is 0 Å². The number of allylic oxidation sites excluding steroid dienone is 8. The molecule has 2 aliphatic rings. The standard InChI is InChI=1S/C23H19N/c1-24-22-12-10-18(16-6-2-3-7-16)14-20(22)21-15-19(11-13-23(21)24)17-8-4-5-9-17/h2-6,8,10-15H,7,9H2,1H3. The number of nitrogens with zero attached hydrogens (tertiary/aromatic N) is 1. The second-order valence-electron chi connectivity index (χ2n) is 6.67. The number of fused-ring (bicyclic) bond motifs is 3. The summed E-state index contributed by atoms with van der Waals surface area (Å²) in [5.74, 6) is 0. The monoisotopic (exact) mass is 309 g/mol. The van der Waals surface area contributed by atoms with Crippen LogP contribution in [0.25, 0.3) is 33.0 Å². The third-order valence-electron chi connectivity index (χ3n) is 5.29. The number of hydrogen-bond acceptors (Lipinski definition) is 0. The van der Waals surface area contributed by atoms with Crippen molar-refractivity contribution in [3.05, 3.63) is 84.0 Å². The van der Waals surface area contributed by atoms with Gasteiger partial charge in [-0.1, -0.05) is 48.6 Å². The van der Waals surface area contributed by atoms with E-state index in [1.807, 2.05) is 0 Å². The van der Waals surface area contributed by atoms with Crippen LogP contribution in [0.3, 0.4) is 0 Å². The van der Waals surface area contributed by atoms with Crippen molar-refractivity contribution in [1.29, 1.82) is 0 Å². The Hall–Kier alpha value is -2.80. The van der Waals surface area contributed by atoms with Crippen molar-refractivity contribution in [2.75, 3.05) is 0 Å². The van der Waals surface area contributed by atoms with Crippen molar-refractivity contribution in [2.24, 2.45) is 7.05 Å². The molecule has 0 aliphatic heterocycles. The lowest BCUT2D eigenvalue weighted by atomic mass is 9.99. The van der Waals surface area contributed by atoms with Gasteiger partial charge in [-0.25, -0.2) is 0 Å². The first kappa shape index (κ1) is 13.6. The van der Waals surface area contributed by atoms with E-state index in [0.717, 1.165) is 12.8 Å². The largest absolute Gasteiger partial charge is 0.344 e. The van der Waals surface area contributed by atoms with E-state index in [-0.39, 0.29) is 0 Å². The first-order valence-electron chi connectivity index (χ1n) is 8.55. The van der Waals surface area contributed by atoms with Gasteiger partial charge >= 0.3 is 0 Å². The van der Waals surface area contributed by atoms with Crippen molar-refractivity contribution in [3.63, 3.8) is 0 Å². The molecule has 1 heteroatoms. The van der Waals surface area contributed by atoms with E-state index in [1.165, 1.54) is 44.1 Å². The third kappa shape index (κ3) is 1.94. The van der Waals surface area contributed by atoms with E-state index in [4.69, 9.17) is 0 Å². The highest BCUT2D eigenvalue weighted by Gasteiger charge is 2.13. The van der Waals surface area contributed by atoms with Crippen molar-refractivity contribution in [2.45, 2.75) is 12.8 Å². The number of hydrogen-bond donors (Lipinski definition) is 0. The second-order valence-corrected chi connectivity index (χ2v) is 6.67. The molecule has 0 saturated carbocycles. The summed E-state index contributed by atoms with van der Waals surface area (Å²) in [5.41, 5.74) is 8.10. The molecule has 0 amide bonds. The van der Waals surface area contributed by atoms with E-state index in [1.54, 1.807) is 0 Å². The zero-order valence-electron chi connectivity index (χ0n) is 13.8. The van der Waals surface area contributed by atoms with E-state index in [9.17, 15) is 0 Å². The Morgan fingerprint density at radius 1 is 0.708 bits per heavy atom. The highest BCUT2D eigenvalue weighted by atomic mass is 14.9. The Morgan fingerprint density at radius 3 is 1.62 bits per heavy atom. The summed E-state index contributed by atoms with van der Waals surface area (Å²) in [4.78, 5) is 0. The summed E-state index contributed by atoms with van der Waals surface area (Å²) < 4.78 is 2.31. The van der Waals surface area contributed by atoms with Crippen molar-refractivity contribution in [1.82, 2.24) is 4.57 Å². The van der Waals surface area contributed by atoms with Gasteiger partial charge in [0.1, 0.15) is 0 Å². The second kappa shape index (κ2) is 5.10. The fourth-order valence-corrected chi connectivity index (χ4v) is 3.94. The molecule has 0 bridgehead atoms. The van der Waals surface area contributed by atoms with Gasteiger partial charge in [0, 0.05) is 28.9 Å². The Kier molecular flexibility index (Phi) is 2.90. The van der Waals surface area contributed by atoms with Crippen LogP contribution in [-0.2, 0) is 7.05 Å². The molecule has 2 aromatic carbocycles. The maximum Gasteiger partial charge on any atom is 0.0489 e. The quantitative estimate of drug-likeness (QED) is 0.545. The Labute approximate surface area is 141 Å². The summed E-state index contributed by atoms with van der Waals surface area (Å²) in [6, 6.07) is 13.8. The Balaban J connectivity index is 1.75. The van der Waals surface area contributed by atoms with Gasteiger partial charge in [0.05, 0.1) is 0 Å². The van der Waals surface area contributed by atoms with Gasteiger partial charge in [-0.2, -0.15) is 0 Å². The lowest BCUT2D eigenvalue weighted by Gasteiger charge is -2.04. The Morgan fingerprint density at radius 2 is 1.21 bits per heavy atom. The van der Waals surface area contributed by atoms with Gasteiger partial charge in [-0.05, 0) is 59.4 Å². The summed E-state index contributed by atoms with van der Waals surface area (Å²) in [6.07, 6.45) is 15.3. The number of aryl methyl sites for hydroxylation is 1. The van der Waals surface area contributed by atoms with Crippen LogP contribution in [0.15, 0.2) is 72.9 Å². The van der Waals surface area contributed by atoms with Crippen LogP contribution in [0.5, 0.6) is 0 Å². The average molecular weight is 309 g/mol. The van der Waals surface area contributed by atoms with Gasteiger partial charge in [-0.3, -0.25) is 0 Å². The van der Waals surface area contributed by atoms with Crippen molar-refractivity contribution < 1.29 is 0 Å². The van der Waals surface area contributed by atoms with Gasteiger partial charge in [-0.15, -0.1) is 0 Å². The first-order chi connectivity index (χ1) is 11.8. The smallest absolute Gasteiger partial charge is 0.0489 e. The lowest BCUT2D eigenvalue weighted by molar-refractivity contribution is 1.01. The molecule has 0 unspecified atom stereocenters. The summed E-state index contributed by atoms with van der Waals surface area (Å²) >= 11 is 0. The van der Waals surface area contributed by atoms with Gasteiger partial charge in [0.2, 0.25) is 0 Å². The molecular formula is C23H19N. The molecule has 0 spiro atoms. The molecule has 24 heavy (non-hydrogen) atoms. The maximum absolute atomic E-state index is 2.36. The molecule has 2 aliphatic carbocycles. The minimum Gasteiger partial charge on any atom is -0.344 e. The molecular weight excluding hydrogens is 290 g/mol. The summed E-state index contributed by atoms with van der Waals surface area (Å²) in [7, 11) is 2.16. The van der Waals surface area contributed by atoms with E-state index >= 15 is 0 Å². The average Bonchev–Trinajstić information content (AvgIpc) is 3.36. The van der Waals surface area contributed by atoms with Crippen LogP contribution in [0.1, 0.15) is 24.0 Å². The minimum atomic E-state index is 1.04. The van der Waals surface area contributed by atoms with Crippen molar-refractivity contribution >= 4 is 33.0 Å². The molecule has 1 nitrogen and oxygen atoms in total. The predicted molar refractivity (Wildman–Crippen MR) is 104 cm³/mol. The van der Waals surface area contributed by atoms with Crippen LogP contribution in [0, 0.1) is 0 Å². The summed E-state index contributed by atoms with van der Waals surface area (Å²) in [5, 5.41) is 2.71. The zero-order chi connectivity index (χ0) is 16.1. The van der Waals surface area contributed by atoms with Crippen LogP contribution in [0.2, 0.25) is 0 Å². The molecule has 116 valence electrons. The highest BCUT2D eigenvalue weighted by Crippen LogP contribution is 2.34. The molecule has 1 heterocycles. The lowest BCUT2D eigenvalue weighted by Crippen LogP contribution is -1.87. The predicted octanol–water partition coefficient (Wildman–Crippen LogP) is 6.02. The van der Waals surface area contributed by atoms with Crippen LogP contribution in [-0.4, -0.2) is 4.57 Å². The molecule has 3 aromatic rings. The van der Waals surface area contributed by atoms with Crippen LogP contribution in [0.4, 0.5) is 0 Å². The van der Waals surface area contributed by atoms with Crippen molar-refractivity contribution in [3.8, 4) is 0 Å². The van der Waals surface area contributed by atoms with Crippen LogP contribution < -0.4 is 0 Å². The summed E-state index contributed by atoms with van der Waals surface area (Å²) in [6.45, 7) is 0. The maximum atomic E-state index is 2.36. The molecule has 5 rings (SSSR count). The zero-order valence-corrected chi connectivity index (χ0v) is 13.8. The number of aromatic nitrogens is 1. The topological polar surface area (TPSA) is 4.93 Å². The first-order valence-corrected chi connectivity index (χ1v) is 8.55. The molecule has 0 saturated heterocycles. The fraction of sp³-hybridized carbons (Fsp3) is 0.130. The fourth-order valence-electron chi connectivity index (χ4n) is 3.94. The van der Waals surface area contributed by atoms with Gasteiger partial charge in [0.15, 0.2) is 0 Å². The van der Waals surface area contributed by atoms with Gasteiger partial charge < -0.3 is 4.57 Å². The molecule has 0 N–H and O–H groups in total. The Bertz CT molecular complexity index is 1010. The molecule has 0 radical (unpaired) electrons. The number of benzene rings is 2. The third-order valence-corrected chi connectivity index (χ3v) is 5.29. The molecule has 0 fully saturated rings. The minimum absolute atomic E-state index is 1.04. The van der Waals surface area contributed by atoms with Crippen LogP contribution >= 0.6 is 0 Å². The molecule has 1 aromatic heterocycles.